The summed E-state index contributed by atoms with van der Waals surface area (Å²) in [5, 5.41) is 11.1. The molecule has 0 saturated heterocycles. The predicted octanol–water partition coefficient (Wildman–Crippen LogP) is 2.87. The first-order valence-electron chi connectivity index (χ1n) is 7.29. The Hall–Kier alpha value is -2.73. The molecule has 0 bridgehead atoms. The lowest BCUT2D eigenvalue weighted by Crippen LogP contribution is -2.34. The molecule has 0 fully saturated rings. The first kappa shape index (κ1) is 15.2. The lowest BCUT2D eigenvalue weighted by atomic mass is 10.1. The van der Waals surface area contributed by atoms with Gasteiger partial charge in [-0.2, -0.15) is 0 Å². The van der Waals surface area contributed by atoms with E-state index < -0.39 is 11.0 Å². The molecular formula is C17H16N2O4. The van der Waals surface area contributed by atoms with Crippen molar-refractivity contribution in [2.75, 3.05) is 18.6 Å². The average molecular weight is 312 g/mol. The molecule has 23 heavy (non-hydrogen) atoms. The molecule has 3 rings (SSSR count). The summed E-state index contributed by atoms with van der Waals surface area (Å²) in [7, 11) is 1.49. The second-order valence-corrected chi connectivity index (χ2v) is 5.30. The SMILES string of the molecule is CO[C@@H](C(=O)N1CCc2c1cccc2[N+](=O)[O-])c1ccccc1. The summed E-state index contributed by atoms with van der Waals surface area (Å²) in [6.07, 6.45) is -0.245. The third-order valence-electron chi connectivity index (χ3n) is 4.03. The molecular weight excluding hydrogens is 296 g/mol. The second-order valence-electron chi connectivity index (χ2n) is 5.30. The number of ether oxygens (including phenoxy) is 1. The van der Waals surface area contributed by atoms with Crippen LogP contribution in [0, 0.1) is 10.1 Å². The maximum atomic E-state index is 12.9. The van der Waals surface area contributed by atoms with Gasteiger partial charge in [0.1, 0.15) is 0 Å². The zero-order valence-electron chi connectivity index (χ0n) is 12.6. The number of hydrogen-bond donors (Lipinski definition) is 0. The molecule has 0 unspecified atom stereocenters. The molecule has 118 valence electrons. The molecule has 0 aromatic heterocycles. The summed E-state index contributed by atoms with van der Waals surface area (Å²) in [5.74, 6) is -0.210. The van der Waals surface area contributed by atoms with E-state index in [1.807, 2.05) is 30.3 Å². The molecule has 1 aliphatic rings. The Morgan fingerprint density at radius 3 is 2.61 bits per heavy atom. The van der Waals surface area contributed by atoms with Crippen LogP contribution in [-0.4, -0.2) is 24.5 Å². The van der Waals surface area contributed by atoms with Crippen LogP contribution in [0.25, 0.3) is 0 Å². The standard InChI is InChI=1S/C17H16N2O4/c1-23-16(12-6-3-2-4-7-12)17(20)18-11-10-13-14(18)8-5-9-15(13)19(21)22/h2-9,16H,10-11H2,1H3/t16-/m1/s1. The van der Waals surface area contributed by atoms with Crippen molar-refractivity contribution < 1.29 is 14.5 Å². The summed E-state index contributed by atoms with van der Waals surface area (Å²) >= 11 is 0. The minimum atomic E-state index is -0.721. The zero-order chi connectivity index (χ0) is 16.4. The summed E-state index contributed by atoms with van der Waals surface area (Å²) in [5.41, 5.74) is 2.03. The first-order chi connectivity index (χ1) is 11.1. The third kappa shape index (κ3) is 2.68. The van der Waals surface area contributed by atoms with Gasteiger partial charge in [0, 0.05) is 19.7 Å². The fourth-order valence-corrected chi connectivity index (χ4v) is 2.96. The zero-order valence-corrected chi connectivity index (χ0v) is 12.6. The molecule has 1 heterocycles. The number of carbonyl (C=O) groups is 1. The maximum absolute atomic E-state index is 12.9. The van der Waals surface area contributed by atoms with Gasteiger partial charge >= 0.3 is 0 Å². The van der Waals surface area contributed by atoms with Gasteiger partial charge in [0.2, 0.25) is 0 Å². The van der Waals surface area contributed by atoms with Crippen molar-refractivity contribution in [3.05, 3.63) is 69.8 Å². The smallest absolute Gasteiger partial charge is 0.274 e. The monoisotopic (exact) mass is 312 g/mol. The molecule has 6 nitrogen and oxygen atoms in total. The Labute approximate surface area is 133 Å². The van der Waals surface area contributed by atoms with Crippen LogP contribution in [0.4, 0.5) is 11.4 Å². The minimum Gasteiger partial charge on any atom is -0.367 e. The van der Waals surface area contributed by atoms with Crippen LogP contribution in [0.1, 0.15) is 17.2 Å². The van der Waals surface area contributed by atoms with Crippen LogP contribution >= 0.6 is 0 Å². The largest absolute Gasteiger partial charge is 0.367 e. The number of amides is 1. The summed E-state index contributed by atoms with van der Waals surface area (Å²) in [6, 6.07) is 14.0. The second kappa shape index (κ2) is 6.18. The van der Waals surface area contributed by atoms with Gasteiger partial charge in [-0.3, -0.25) is 14.9 Å². The number of anilines is 1. The van der Waals surface area contributed by atoms with E-state index in [1.54, 1.807) is 17.0 Å². The summed E-state index contributed by atoms with van der Waals surface area (Å²) in [4.78, 5) is 25.1. The van der Waals surface area contributed by atoms with Crippen molar-refractivity contribution in [3.63, 3.8) is 0 Å². The van der Waals surface area contributed by atoms with Gasteiger partial charge in [0.15, 0.2) is 6.10 Å². The summed E-state index contributed by atoms with van der Waals surface area (Å²) in [6.45, 7) is 0.422. The van der Waals surface area contributed by atoms with E-state index in [4.69, 9.17) is 4.74 Å². The number of nitro benzene ring substituents is 1. The molecule has 1 amide bonds. The van der Waals surface area contributed by atoms with Gasteiger partial charge in [-0.05, 0) is 18.1 Å². The molecule has 0 radical (unpaired) electrons. The topological polar surface area (TPSA) is 72.7 Å². The Morgan fingerprint density at radius 1 is 1.22 bits per heavy atom. The Balaban J connectivity index is 1.94. The van der Waals surface area contributed by atoms with Gasteiger partial charge in [-0.15, -0.1) is 0 Å². The van der Waals surface area contributed by atoms with Gasteiger partial charge in [0.05, 0.1) is 16.2 Å². The molecule has 1 aliphatic heterocycles. The Morgan fingerprint density at radius 2 is 1.96 bits per heavy atom. The van der Waals surface area contributed by atoms with Gasteiger partial charge in [-0.1, -0.05) is 36.4 Å². The molecule has 0 saturated carbocycles. The lowest BCUT2D eigenvalue weighted by molar-refractivity contribution is -0.385. The number of benzene rings is 2. The van der Waals surface area contributed by atoms with E-state index >= 15 is 0 Å². The number of nitrogens with zero attached hydrogens (tertiary/aromatic N) is 2. The normalized spacial score (nSPS) is 14.4. The molecule has 1 atom stereocenters. The van der Waals surface area contributed by atoms with Crippen LogP contribution in [0.3, 0.4) is 0 Å². The average Bonchev–Trinajstić information content (AvgIpc) is 3.00. The molecule has 0 N–H and O–H groups in total. The fraction of sp³-hybridized carbons (Fsp3) is 0.235. The molecule has 6 heteroatoms. The highest BCUT2D eigenvalue weighted by atomic mass is 16.6. The number of carbonyl (C=O) groups excluding carboxylic acids is 1. The van der Waals surface area contributed by atoms with E-state index in [9.17, 15) is 14.9 Å². The van der Waals surface area contributed by atoms with Crippen molar-refractivity contribution in [1.82, 2.24) is 0 Å². The predicted molar refractivity (Wildman–Crippen MR) is 85.3 cm³/mol. The Kier molecular flexibility index (Phi) is 4.08. The van der Waals surface area contributed by atoms with Crippen molar-refractivity contribution >= 4 is 17.3 Å². The number of fused-ring (bicyclic) bond motifs is 1. The third-order valence-corrected chi connectivity index (χ3v) is 4.03. The van der Waals surface area contributed by atoms with E-state index in [-0.39, 0.29) is 11.6 Å². The molecule has 2 aromatic carbocycles. The van der Waals surface area contributed by atoms with Crippen molar-refractivity contribution in [3.8, 4) is 0 Å². The first-order valence-corrected chi connectivity index (χ1v) is 7.29. The van der Waals surface area contributed by atoms with Gasteiger partial charge in [-0.25, -0.2) is 0 Å². The van der Waals surface area contributed by atoms with Crippen molar-refractivity contribution in [2.24, 2.45) is 0 Å². The van der Waals surface area contributed by atoms with Crippen molar-refractivity contribution in [1.29, 1.82) is 0 Å². The van der Waals surface area contributed by atoms with Crippen LogP contribution in [0.15, 0.2) is 48.5 Å². The van der Waals surface area contributed by atoms with Crippen LogP contribution in [-0.2, 0) is 16.0 Å². The van der Waals surface area contributed by atoms with E-state index in [0.29, 0.717) is 24.2 Å². The van der Waals surface area contributed by atoms with Crippen LogP contribution in [0.2, 0.25) is 0 Å². The number of methoxy groups -OCH3 is 1. The number of nitro groups is 1. The summed E-state index contributed by atoms with van der Waals surface area (Å²) < 4.78 is 5.38. The van der Waals surface area contributed by atoms with E-state index in [2.05, 4.69) is 0 Å². The van der Waals surface area contributed by atoms with Crippen molar-refractivity contribution in [2.45, 2.75) is 12.5 Å². The van der Waals surface area contributed by atoms with Crippen LogP contribution < -0.4 is 4.90 Å². The Bertz CT molecular complexity index is 746. The fourth-order valence-electron chi connectivity index (χ4n) is 2.96. The highest BCUT2D eigenvalue weighted by Gasteiger charge is 2.34. The number of hydrogen-bond acceptors (Lipinski definition) is 4. The molecule has 0 aliphatic carbocycles. The lowest BCUT2D eigenvalue weighted by Gasteiger charge is -2.23. The quantitative estimate of drug-likeness (QED) is 0.643. The maximum Gasteiger partial charge on any atom is 0.274 e. The van der Waals surface area contributed by atoms with Gasteiger partial charge < -0.3 is 9.64 Å². The van der Waals surface area contributed by atoms with E-state index in [1.165, 1.54) is 13.2 Å². The molecule has 2 aromatic rings. The van der Waals surface area contributed by atoms with E-state index in [0.717, 1.165) is 5.56 Å². The van der Waals surface area contributed by atoms with Gasteiger partial charge in [0.25, 0.3) is 11.6 Å². The molecule has 0 spiro atoms. The number of rotatable bonds is 4. The highest BCUT2D eigenvalue weighted by molar-refractivity contribution is 5.99. The van der Waals surface area contributed by atoms with Crippen LogP contribution in [0.5, 0.6) is 0 Å². The highest BCUT2D eigenvalue weighted by Crippen LogP contribution is 2.36. The minimum absolute atomic E-state index is 0.0616.